The van der Waals surface area contributed by atoms with Gasteiger partial charge >= 0.3 is 0 Å². The highest BCUT2D eigenvalue weighted by Gasteiger charge is 2.33. The van der Waals surface area contributed by atoms with E-state index in [4.69, 9.17) is 10.5 Å². The summed E-state index contributed by atoms with van der Waals surface area (Å²) in [5.41, 5.74) is 5.60. The lowest BCUT2D eigenvalue weighted by molar-refractivity contribution is -0.135. The van der Waals surface area contributed by atoms with Crippen LogP contribution >= 0.6 is 0 Å². The molecule has 0 spiro atoms. The zero-order valence-corrected chi connectivity index (χ0v) is 13.6. The molecule has 4 atom stereocenters. The second-order valence-electron chi connectivity index (χ2n) is 6.49. The second kappa shape index (κ2) is 7.96. The number of carbonyl (C=O) groups is 1. The van der Waals surface area contributed by atoms with Crippen molar-refractivity contribution in [3.63, 3.8) is 0 Å². The topological polar surface area (TPSA) is 67.6 Å². The lowest BCUT2D eigenvalue weighted by Gasteiger charge is -2.41. The highest BCUT2D eigenvalue weighted by Crippen LogP contribution is 2.18. The van der Waals surface area contributed by atoms with E-state index in [1.165, 1.54) is 0 Å². The molecule has 1 fully saturated rings. The molecule has 3 N–H and O–H groups in total. The zero-order valence-electron chi connectivity index (χ0n) is 13.6. The first-order valence-corrected chi connectivity index (χ1v) is 7.72. The maximum Gasteiger partial charge on any atom is 0.237 e. The van der Waals surface area contributed by atoms with Crippen molar-refractivity contribution in [3.05, 3.63) is 0 Å². The van der Waals surface area contributed by atoms with E-state index < -0.39 is 0 Å². The summed E-state index contributed by atoms with van der Waals surface area (Å²) in [5, 5.41) is 3.04. The number of nitrogens with zero attached hydrogens (tertiary/aromatic N) is 1. The molecule has 0 radical (unpaired) electrons. The Hall–Kier alpha value is -0.650. The molecular weight excluding hydrogens is 254 g/mol. The van der Waals surface area contributed by atoms with Crippen LogP contribution < -0.4 is 11.1 Å². The minimum Gasteiger partial charge on any atom is -0.373 e. The van der Waals surface area contributed by atoms with Crippen molar-refractivity contribution < 1.29 is 9.53 Å². The molecule has 20 heavy (non-hydrogen) atoms. The van der Waals surface area contributed by atoms with E-state index in [1.807, 2.05) is 6.92 Å². The van der Waals surface area contributed by atoms with Gasteiger partial charge in [0.2, 0.25) is 5.91 Å². The summed E-state index contributed by atoms with van der Waals surface area (Å²) >= 11 is 0. The first-order valence-electron chi connectivity index (χ1n) is 7.72. The molecule has 4 unspecified atom stereocenters. The van der Waals surface area contributed by atoms with Crippen LogP contribution in [0.25, 0.3) is 0 Å². The van der Waals surface area contributed by atoms with Crippen LogP contribution in [-0.2, 0) is 9.53 Å². The van der Waals surface area contributed by atoms with E-state index >= 15 is 0 Å². The van der Waals surface area contributed by atoms with Gasteiger partial charge in [0.15, 0.2) is 0 Å². The molecule has 0 aliphatic carbocycles. The zero-order chi connectivity index (χ0) is 15.3. The highest BCUT2D eigenvalue weighted by molar-refractivity contribution is 5.82. The van der Waals surface area contributed by atoms with E-state index in [-0.39, 0.29) is 30.1 Å². The van der Waals surface area contributed by atoms with E-state index in [1.54, 1.807) is 0 Å². The molecule has 0 aromatic heterocycles. The van der Waals surface area contributed by atoms with Gasteiger partial charge in [0.05, 0.1) is 18.2 Å². The molecule has 1 amide bonds. The molecule has 1 aliphatic rings. The van der Waals surface area contributed by atoms with Crippen LogP contribution in [0, 0.1) is 11.8 Å². The first-order chi connectivity index (χ1) is 9.35. The predicted molar refractivity (Wildman–Crippen MR) is 81.4 cm³/mol. The Morgan fingerprint density at radius 1 is 1.30 bits per heavy atom. The van der Waals surface area contributed by atoms with Crippen LogP contribution in [0.4, 0.5) is 0 Å². The van der Waals surface area contributed by atoms with Crippen LogP contribution in [0.15, 0.2) is 0 Å². The summed E-state index contributed by atoms with van der Waals surface area (Å²) in [4.78, 5) is 14.7. The SMILES string of the molecule is CC(CN)CNC(=O)C(C(C)C)N1CC(C)OC(C)C1. The normalized spacial score (nSPS) is 27.4. The average Bonchev–Trinajstić information content (AvgIpc) is 2.34. The monoisotopic (exact) mass is 285 g/mol. The number of nitrogens with one attached hydrogen (secondary N) is 1. The van der Waals surface area contributed by atoms with E-state index in [0.717, 1.165) is 13.1 Å². The molecule has 0 saturated carbocycles. The fourth-order valence-electron chi connectivity index (χ4n) is 2.80. The Morgan fingerprint density at radius 3 is 2.30 bits per heavy atom. The molecule has 1 rings (SSSR count). The number of nitrogens with two attached hydrogens (primary N) is 1. The van der Waals surface area contributed by atoms with Crippen molar-refractivity contribution in [2.45, 2.75) is 52.9 Å². The van der Waals surface area contributed by atoms with E-state index in [9.17, 15) is 4.79 Å². The summed E-state index contributed by atoms with van der Waals surface area (Å²) in [5.74, 6) is 0.705. The van der Waals surface area contributed by atoms with Gasteiger partial charge in [-0.05, 0) is 32.2 Å². The average molecular weight is 285 g/mol. The largest absolute Gasteiger partial charge is 0.373 e. The molecular formula is C15H31N3O2. The molecule has 5 nitrogen and oxygen atoms in total. The van der Waals surface area contributed by atoms with Gasteiger partial charge in [-0.15, -0.1) is 0 Å². The van der Waals surface area contributed by atoms with Gasteiger partial charge in [0.25, 0.3) is 0 Å². The van der Waals surface area contributed by atoms with Crippen molar-refractivity contribution in [2.75, 3.05) is 26.2 Å². The fourth-order valence-corrected chi connectivity index (χ4v) is 2.80. The van der Waals surface area contributed by atoms with Crippen LogP contribution in [0.3, 0.4) is 0 Å². The lowest BCUT2D eigenvalue weighted by Crippen LogP contribution is -2.57. The third-order valence-corrected chi connectivity index (χ3v) is 3.77. The van der Waals surface area contributed by atoms with Crippen molar-refractivity contribution in [1.82, 2.24) is 10.2 Å². The number of hydrogen-bond donors (Lipinski definition) is 2. The summed E-state index contributed by atoms with van der Waals surface area (Å²) in [6.45, 7) is 13.2. The van der Waals surface area contributed by atoms with Crippen molar-refractivity contribution in [3.8, 4) is 0 Å². The molecule has 5 heteroatoms. The van der Waals surface area contributed by atoms with Crippen molar-refractivity contribution in [2.24, 2.45) is 17.6 Å². The maximum absolute atomic E-state index is 12.5. The summed E-state index contributed by atoms with van der Waals surface area (Å²) < 4.78 is 5.75. The first kappa shape index (κ1) is 17.4. The van der Waals surface area contributed by atoms with Crippen molar-refractivity contribution in [1.29, 1.82) is 0 Å². The van der Waals surface area contributed by atoms with Gasteiger partial charge in [-0.25, -0.2) is 0 Å². The second-order valence-corrected chi connectivity index (χ2v) is 6.49. The maximum atomic E-state index is 12.5. The number of ether oxygens (including phenoxy) is 1. The molecule has 1 saturated heterocycles. The van der Waals surface area contributed by atoms with Gasteiger partial charge in [0, 0.05) is 19.6 Å². The van der Waals surface area contributed by atoms with Crippen LogP contribution in [0.5, 0.6) is 0 Å². The smallest absolute Gasteiger partial charge is 0.237 e. The fraction of sp³-hybridized carbons (Fsp3) is 0.933. The number of rotatable bonds is 6. The van der Waals surface area contributed by atoms with Gasteiger partial charge in [-0.2, -0.15) is 0 Å². The minimum atomic E-state index is -0.0891. The Morgan fingerprint density at radius 2 is 1.85 bits per heavy atom. The third-order valence-electron chi connectivity index (χ3n) is 3.77. The van der Waals surface area contributed by atoms with Crippen LogP contribution in [-0.4, -0.2) is 55.2 Å². The van der Waals surface area contributed by atoms with E-state index in [2.05, 4.69) is 37.9 Å². The summed E-state index contributed by atoms with van der Waals surface area (Å²) in [6, 6.07) is -0.0891. The van der Waals surface area contributed by atoms with E-state index in [0.29, 0.717) is 19.0 Å². The number of amides is 1. The number of carbonyl (C=O) groups excluding carboxylic acids is 1. The molecule has 1 heterocycles. The summed E-state index contributed by atoms with van der Waals surface area (Å²) in [6.07, 6.45) is 0.353. The van der Waals surface area contributed by atoms with Gasteiger partial charge in [0.1, 0.15) is 0 Å². The van der Waals surface area contributed by atoms with Gasteiger partial charge in [-0.3, -0.25) is 9.69 Å². The Balaban J connectivity index is 2.65. The van der Waals surface area contributed by atoms with Crippen LogP contribution in [0.2, 0.25) is 0 Å². The Kier molecular flexibility index (Phi) is 6.92. The van der Waals surface area contributed by atoms with Gasteiger partial charge in [-0.1, -0.05) is 20.8 Å². The van der Waals surface area contributed by atoms with Crippen molar-refractivity contribution >= 4 is 5.91 Å². The molecule has 0 aromatic rings. The Bertz CT molecular complexity index is 299. The highest BCUT2D eigenvalue weighted by atomic mass is 16.5. The predicted octanol–water partition coefficient (Wildman–Crippen LogP) is 0.831. The lowest BCUT2D eigenvalue weighted by atomic mass is 9.99. The quantitative estimate of drug-likeness (QED) is 0.758. The molecule has 0 aromatic carbocycles. The molecule has 0 bridgehead atoms. The number of hydrogen-bond acceptors (Lipinski definition) is 4. The van der Waals surface area contributed by atoms with Crippen LogP contribution in [0.1, 0.15) is 34.6 Å². The summed E-state index contributed by atoms with van der Waals surface area (Å²) in [7, 11) is 0. The van der Waals surface area contributed by atoms with Gasteiger partial charge < -0.3 is 15.8 Å². The molecule has 118 valence electrons. The molecule has 1 aliphatic heterocycles. The number of morpholine rings is 1. The standard InChI is InChI=1S/C15H31N3O2/c1-10(2)14(15(19)17-7-11(3)6-16)18-8-12(4)20-13(5)9-18/h10-14H,6-9,16H2,1-5H3,(H,17,19). The minimum absolute atomic E-state index is 0.0891. The third kappa shape index (κ3) is 5.04. The Labute approximate surface area is 123 Å².